The second-order valence-electron chi connectivity index (χ2n) is 6.58. The molecule has 23 heavy (non-hydrogen) atoms. The van der Waals surface area contributed by atoms with E-state index in [2.05, 4.69) is 20.6 Å². The Morgan fingerprint density at radius 3 is 2.91 bits per heavy atom. The highest BCUT2D eigenvalue weighted by molar-refractivity contribution is 5.85. The van der Waals surface area contributed by atoms with Gasteiger partial charge < -0.3 is 20.3 Å². The Hall–Kier alpha value is -1.60. The molecule has 1 amide bonds. The molecule has 0 aromatic carbocycles. The first-order chi connectivity index (χ1) is 11.1. The highest BCUT2D eigenvalue weighted by Gasteiger charge is 2.40. The number of nitrogens with zero attached hydrogens (tertiary/aromatic N) is 3. The maximum absolute atomic E-state index is 12.8. The predicted molar refractivity (Wildman–Crippen MR) is 88.4 cm³/mol. The zero-order valence-electron chi connectivity index (χ0n) is 14.0. The number of piperidine rings is 2. The van der Waals surface area contributed by atoms with Crippen LogP contribution in [-0.4, -0.2) is 60.6 Å². The third-order valence-electron chi connectivity index (χ3n) is 5.03. The highest BCUT2D eigenvalue weighted by atomic mass is 16.5. The monoisotopic (exact) mass is 321 g/mol. The lowest BCUT2D eigenvalue weighted by Gasteiger charge is -2.38. The summed E-state index contributed by atoms with van der Waals surface area (Å²) in [5, 5.41) is 10.7. The molecular formula is C16H27N5O2. The van der Waals surface area contributed by atoms with Crippen LogP contribution in [0.5, 0.6) is 0 Å². The number of hydrogen-bond acceptors (Lipinski definition) is 5. The lowest BCUT2D eigenvalue weighted by atomic mass is 9.90. The molecule has 3 rings (SSSR count). The normalized spacial score (nSPS) is 24.4. The summed E-state index contributed by atoms with van der Waals surface area (Å²) in [7, 11) is 3.57. The number of anilines is 1. The molecule has 0 bridgehead atoms. The zero-order valence-corrected chi connectivity index (χ0v) is 14.0. The molecule has 0 aliphatic carbocycles. The van der Waals surface area contributed by atoms with Gasteiger partial charge in [-0.3, -0.25) is 9.48 Å². The topological polar surface area (TPSA) is 71.4 Å². The zero-order chi connectivity index (χ0) is 16.3. The Kier molecular flexibility index (Phi) is 4.87. The molecule has 0 spiro atoms. The standard InChI is InChI=1S/C16H27N5O2/c1-20-12-14(10-18-20)21-9-3-4-13(11-21)19-15(22)16(23-2)5-7-17-8-6-16/h10,12-13,17H,3-9,11H2,1-2H3,(H,19,22). The minimum atomic E-state index is -0.665. The van der Waals surface area contributed by atoms with Crippen LogP contribution in [-0.2, 0) is 16.6 Å². The number of nitrogens with one attached hydrogen (secondary N) is 2. The smallest absolute Gasteiger partial charge is 0.252 e. The summed E-state index contributed by atoms with van der Waals surface area (Å²) < 4.78 is 7.43. The first-order valence-electron chi connectivity index (χ1n) is 8.43. The van der Waals surface area contributed by atoms with Crippen molar-refractivity contribution in [2.45, 2.75) is 37.3 Å². The molecule has 128 valence electrons. The van der Waals surface area contributed by atoms with Crippen molar-refractivity contribution in [2.24, 2.45) is 7.05 Å². The van der Waals surface area contributed by atoms with Gasteiger partial charge in [0.15, 0.2) is 0 Å². The van der Waals surface area contributed by atoms with Gasteiger partial charge in [0.25, 0.3) is 5.91 Å². The van der Waals surface area contributed by atoms with Crippen LogP contribution in [0.1, 0.15) is 25.7 Å². The van der Waals surface area contributed by atoms with Crippen molar-refractivity contribution in [3.63, 3.8) is 0 Å². The Bertz CT molecular complexity index is 538. The van der Waals surface area contributed by atoms with Crippen molar-refractivity contribution in [3.8, 4) is 0 Å². The van der Waals surface area contributed by atoms with Crippen molar-refractivity contribution in [1.82, 2.24) is 20.4 Å². The first kappa shape index (κ1) is 16.3. The van der Waals surface area contributed by atoms with Gasteiger partial charge in [-0.2, -0.15) is 5.10 Å². The lowest BCUT2D eigenvalue weighted by molar-refractivity contribution is -0.147. The maximum atomic E-state index is 12.8. The van der Waals surface area contributed by atoms with Crippen molar-refractivity contribution >= 4 is 11.6 Å². The number of amides is 1. The molecule has 3 heterocycles. The van der Waals surface area contributed by atoms with Gasteiger partial charge in [-0.1, -0.05) is 0 Å². The molecule has 7 heteroatoms. The summed E-state index contributed by atoms with van der Waals surface area (Å²) in [6.07, 6.45) is 7.45. The van der Waals surface area contributed by atoms with Crippen LogP contribution in [0.3, 0.4) is 0 Å². The quantitative estimate of drug-likeness (QED) is 0.833. The molecule has 0 saturated carbocycles. The molecule has 2 aliphatic rings. The van der Waals surface area contributed by atoms with E-state index >= 15 is 0 Å². The summed E-state index contributed by atoms with van der Waals surface area (Å²) >= 11 is 0. The summed E-state index contributed by atoms with van der Waals surface area (Å²) in [5.74, 6) is 0.0412. The van der Waals surface area contributed by atoms with Crippen molar-refractivity contribution in [1.29, 1.82) is 0 Å². The second-order valence-corrected chi connectivity index (χ2v) is 6.58. The number of aromatic nitrogens is 2. The SMILES string of the molecule is COC1(C(=O)NC2CCCN(c3cnn(C)c3)C2)CCNCC1. The second kappa shape index (κ2) is 6.88. The fraction of sp³-hybridized carbons (Fsp3) is 0.750. The van der Waals surface area contributed by atoms with Gasteiger partial charge in [0, 0.05) is 39.5 Å². The Morgan fingerprint density at radius 1 is 1.48 bits per heavy atom. The fourth-order valence-electron chi connectivity index (χ4n) is 3.57. The van der Waals surface area contributed by atoms with Gasteiger partial charge in [-0.05, 0) is 38.8 Å². The number of aryl methyl sites for hydroxylation is 1. The van der Waals surface area contributed by atoms with Crippen molar-refractivity contribution < 1.29 is 9.53 Å². The molecule has 1 aromatic rings. The van der Waals surface area contributed by atoms with Gasteiger partial charge in [-0.15, -0.1) is 0 Å². The number of hydrogen-bond donors (Lipinski definition) is 2. The van der Waals surface area contributed by atoms with E-state index in [0.29, 0.717) is 0 Å². The maximum Gasteiger partial charge on any atom is 0.252 e. The van der Waals surface area contributed by atoms with Crippen LogP contribution in [0.4, 0.5) is 5.69 Å². The van der Waals surface area contributed by atoms with Gasteiger partial charge >= 0.3 is 0 Å². The number of carbonyl (C=O) groups excluding carboxylic acids is 1. The largest absolute Gasteiger partial charge is 0.368 e. The summed E-state index contributed by atoms with van der Waals surface area (Å²) in [4.78, 5) is 15.1. The Morgan fingerprint density at radius 2 is 2.26 bits per heavy atom. The van der Waals surface area contributed by atoms with E-state index in [4.69, 9.17) is 4.74 Å². The molecule has 1 unspecified atom stereocenters. The van der Waals surface area contributed by atoms with Crippen molar-refractivity contribution in [2.75, 3.05) is 38.2 Å². The van der Waals surface area contributed by atoms with E-state index in [1.807, 2.05) is 24.1 Å². The van der Waals surface area contributed by atoms with Crippen molar-refractivity contribution in [3.05, 3.63) is 12.4 Å². The van der Waals surface area contributed by atoms with E-state index in [0.717, 1.165) is 57.5 Å². The Labute approximate surface area is 137 Å². The average Bonchev–Trinajstić information content (AvgIpc) is 3.02. The van der Waals surface area contributed by atoms with Gasteiger partial charge in [0.2, 0.25) is 0 Å². The molecule has 2 saturated heterocycles. The molecule has 2 fully saturated rings. The summed E-state index contributed by atoms with van der Waals surface area (Å²) in [6, 6.07) is 0.165. The van der Waals surface area contributed by atoms with Gasteiger partial charge in [0.1, 0.15) is 5.60 Å². The number of rotatable bonds is 4. The molecule has 2 N–H and O–H groups in total. The molecule has 0 radical (unpaired) electrons. The van der Waals surface area contributed by atoms with E-state index in [9.17, 15) is 4.79 Å². The van der Waals surface area contributed by atoms with Crippen LogP contribution in [0.25, 0.3) is 0 Å². The first-order valence-corrected chi connectivity index (χ1v) is 8.43. The van der Waals surface area contributed by atoms with E-state index in [1.54, 1.807) is 7.11 Å². The molecular weight excluding hydrogens is 294 g/mol. The van der Waals surface area contributed by atoms with Crippen LogP contribution in [0.15, 0.2) is 12.4 Å². The Balaban J connectivity index is 1.61. The summed E-state index contributed by atoms with van der Waals surface area (Å²) in [6.45, 7) is 3.49. The minimum Gasteiger partial charge on any atom is -0.368 e. The molecule has 7 nitrogen and oxygen atoms in total. The molecule has 2 aliphatic heterocycles. The lowest BCUT2D eigenvalue weighted by Crippen LogP contribution is -2.58. The number of carbonyl (C=O) groups is 1. The summed E-state index contributed by atoms with van der Waals surface area (Å²) in [5.41, 5.74) is 0.455. The van der Waals surface area contributed by atoms with E-state index < -0.39 is 5.60 Å². The van der Waals surface area contributed by atoms with Crippen LogP contribution >= 0.6 is 0 Å². The number of methoxy groups -OCH3 is 1. The molecule has 1 atom stereocenters. The average molecular weight is 321 g/mol. The third-order valence-corrected chi connectivity index (χ3v) is 5.03. The minimum absolute atomic E-state index is 0.0412. The number of ether oxygens (including phenoxy) is 1. The van der Waals surface area contributed by atoms with Gasteiger partial charge in [0.05, 0.1) is 11.9 Å². The molecule has 1 aromatic heterocycles. The predicted octanol–water partition coefficient (Wildman–Crippen LogP) is 0.274. The van der Waals surface area contributed by atoms with Gasteiger partial charge in [-0.25, -0.2) is 0 Å². The van der Waals surface area contributed by atoms with E-state index in [-0.39, 0.29) is 11.9 Å². The highest BCUT2D eigenvalue weighted by Crippen LogP contribution is 2.24. The van der Waals surface area contributed by atoms with Crippen LogP contribution in [0.2, 0.25) is 0 Å². The fourth-order valence-corrected chi connectivity index (χ4v) is 3.57. The van der Waals surface area contributed by atoms with Crippen LogP contribution in [0, 0.1) is 0 Å². The van der Waals surface area contributed by atoms with E-state index in [1.165, 1.54) is 0 Å². The van der Waals surface area contributed by atoms with Crippen LogP contribution < -0.4 is 15.5 Å². The third kappa shape index (κ3) is 3.50.